The zero-order valence-corrected chi connectivity index (χ0v) is 44.2. The molecule has 0 spiro atoms. The number of ether oxygens (including phenoxy) is 2. The SMILES string of the molecule is [2H]C([2H])([2H])c1cc(-n2c3cc(Oc4cccc(-n5[c](=[Pt])n(-c6c(-c7ccccc7)cccc6-c6cc(C(C)(C)C)cc(C(C)(C)C)c6)c6ccccc65)c4)ccc3c3cc4c(cc32)OCCC4)ncc1-c1ccccc1. The molecule has 4 heterocycles. The number of nitrogens with zero attached hydrogens (tertiary/aromatic N) is 4. The van der Waals surface area contributed by atoms with E-state index in [-0.39, 0.29) is 16.4 Å². The molecule has 0 N–H and O–H groups in total. The minimum atomic E-state index is -2.40. The van der Waals surface area contributed by atoms with Crippen molar-refractivity contribution in [2.45, 2.75) is 72.1 Å². The van der Waals surface area contributed by atoms with E-state index in [1.807, 2.05) is 59.2 Å². The van der Waals surface area contributed by atoms with E-state index in [0.29, 0.717) is 29.5 Å². The number of aryl methyl sites for hydroxylation is 2. The topological polar surface area (TPSA) is 46.1 Å². The minimum Gasteiger partial charge on any atom is -0.493 e. The number of hydrogen-bond acceptors (Lipinski definition) is 3. The fourth-order valence-corrected chi connectivity index (χ4v) is 11.6. The Bertz CT molecular complexity index is 4090. The zero-order chi connectivity index (χ0) is 52.7. The molecule has 0 saturated carbocycles. The van der Waals surface area contributed by atoms with Gasteiger partial charge in [0.2, 0.25) is 0 Å². The van der Waals surface area contributed by atoms with Crippen LogP contribution in [0.5, 0.6) is 17.2 Å². The van der Waals surface area contributed by atoms with E-state index in [1.54, 1.807) is 12.3 Å². The molecule has 0 aliphatic carbocycles. The zero-order valence-electron chi connectivity index (χ0n) is 44.9. The van der Waals surface area contributed by atoms with Crippen molar-refractivity contribution >= 4 is 32.8 Å². The molecule has 0 saturated heterocycles. The summed E-state index contributed by atoms with van der Waals surface area (Å²) in [7, 11) is 0. The maximum absolute atomic E-state index is 8.67. The molecule has 73 heavy (non-hydrogen) atoms. The van der Waals surface area contributed by atoms with Crippen LogP contribution in [0.2, 0.25) is 0 Å². The molecule has 0 bridgehead atoms. The number of para-hydroxylation sites is 3. The van der Waals surface area contributed by atoms with Crippen molar-refractivity contribution in [3.63, 3.8) is 0 Å². The van der Waals surface area contributed by atoms with Gasteiger partial charge in [-0.3, -0.25) is 0 Å². The predicted octanol–water partition coefficient (Wildman–Crippen LogP) is 17.0. The third kappa shape index (κ3) is 8.46. The van der Waals surface area contributed by atoms with Crippen LogP contribution in [-0.4, -0.2) is 25.3 Å². The Kier molecular flexibility index (Phi) is 10.7. The molecule has 1 aliphatic heterocycles. The Morgan fingerprint density at radius 1 is 0.548 bits per heavy atom. The summed E-state index contributed by atoms with van der Waals surface area (Å²) >= 11 is 2.51. The second-order valence-corrected chi connectivity index (χ2v) is 22.3. The fraction of sp³-hybridized carbons (Fsp3) is 0.182. The van der Waals surface area contributed by atoms with Gasteiger partial charge in [-0.25, -0.2) is 0 Å². The van der Waals surface area contributed by atoms with Crippen LogP contribution in [0.4, 0.5) is 0 Å². The summed E-state index contributed by atoms with van der Waals surface area (Å²) in [5.74, 6) is 2.63. The van der Waals surface area contributed by atoms with Gasteiger partial charge in [-0.2, -0.15) is 0 Å². The molecule has 3 aromatic heterocycles. The molecule has 0 amide bonds. The van der Waals surface area contributed by atoms with Crippen molar-refractivity contribution in [2.24, 2.45) is 0 Å². The molecule has 1 aliphatic rings. The maximum atomic E-state index is 8.67. The Morgan fingerprint density at radius 2 is 1.18 bits per heavy atom. The van der Waals surface area contributed by atoms with Crippen LogP contribution in [0.25, 0.3) is 83.4 Å². The summed E-state index contributed by atoms with van der Waals surface area (Å²) in [6.45, 7) is 12.0. The van der Waals surface area contributed by atoms with Crippen LogP contribution < -0.4 is 9.47 Å². The first-order chi connectivity index (χ1) is 36.5. The van der Waals surface area contributed by atoms with E-state index >= 15 is 0 Å². The second-order valence-electron chi connectivity index (χ2n) is 21.3. The molecule has 11 aromatic rings. The molecule has 7 heteroatoms. The number of aromatic nitrogens is 4. The van der Waals surface area contributed by atoms with Crippen molar-refractivity contribution in [1.82, 2.24) is 18.7 Å². The molecular weight excluding hydrogens is 1080 g/mol. The molecule has 0 unspecified atom stereocenters. The van der Waals surface area contributed by atoms with Gasteiger partial charge < -0.3 is 4.74 Å². The number of pyridine rings is 1. The molecule has 0 atom stereocenters. The standard InChI is InChI=1S/C66H58N4O2.Pt/c1-43-33-63(67-41-57(43)45-21-12-9-13-22-45)70-60-39-52(30-31-55(60)56-36-46-23-18-32-71-62(46)40-61(56)70)72-51-25-16-24-50(38-51)68-42-69(59-29-15-14-28-58(59)68)64-53(44-19-10-8-11-20-44)26-17-27-54(64)47-34-48(65(2,3)4)37-49(35-47)66(5,6)7;/h8-17,19-22,24-31,33-41H,18,23,32H2,1-7H3;/i1D3;. The number of benzene rings is 8. The van der Waals surface area contributed by atoms with Crippen LogP contribution >= 0.6 is 0 Å². The van der Waals surface area contributed by atoms with Crippen LogP contribution in [0, 0.1) is 10.7 Å². The molecule has 8 aromatic carbocycles. The minimum absolute atomic E-state index is 0.0607. The Balaban J connectivity index is 1.00. The van der Waals surface area contributed by atoms with Crippen LogP contribution in [0.15, 0.2) is 188 Å². The molecular formula is C66H58N4O2Pt. The summed E-state index contributed by atoms with van der Waals surface area (Å²) in [6, 6.07) is 63.3. The van der Waals surface area contributed by atoms with E-state index in [9.17, 15) is 0 Å². The van der Waals surface area contributed by atoms with Gasteiger partial charge in [-0.05, 0) is 36.4 Å². The van der Waals surface area contributed by atoms with E-state index in [1.165, 1.54) is 16.7 Å². The molecule has 364 valence electrons. The van der Waals surface area contributed by atoms with Gasteiger partial charge in [0.1, 0.15) is 5.75 Å². The predicted molar refractivity (Wildman–Crippen MR) is 297 cm³/mol. The second kappa shape index (κ2) is 18.2. The smallest absolute Gasteiger partial charge is 0.493 e. The number of imidazole rings is 1. The first-order valence-electron chi connectivity index (χ1n) is 26.6. The molecule has 12 rings (SSSR count). The van der Waals surface area contributed by atoms with Crippen molar-refractivity contribution in [2.75, 3.05) is 6.61 Å². The van der Waals surface area contributed by atoms with Gasteiger partial charge in [0.15, 0.2) is 0 Å². The van der Waals surface area contributed by atoms with E-state index in [4.69, 9.17) is 18.6 Å². The van der Waals surface area contributed by atoms with Gasteiger partial charge in [-0.1, -0.05) is 30.3 Å². The Morgan fingerprint density at radius 3 is 1.88 bits per heavy atom. The number of rotatable bonds is 8. The average molecular weight is 1140 g/mol. The monoisotopic (exact) mass is 1140 g/mol. The average Bonchev–Trinajstić information content (AvgIpc) is 4.04. The summed E-state index contributed by atoms with van der Waals surface area (Å²) in [6.07, 6.45) is 3.56. The van der Waals surface area contributed by atoms with E-state index in [2.05, 4.69) is 191 Å². The van der Waals surface area contributed by atoms with E-state index < -0.39 is 6.85 Å². The number of hydrogen-bond donors (Lipinski definition) is 0. The Hall–Kier alpha value is -7.53. The van der Waals surface area contributed by atoms with Crippen molar-refractivity contribution in [3.05, 3.63) is 214 Å². The van der Waals surface area contributed by atoms with Gasteiger partial charge in [0.05, 0.1) is 6.61 Å². The van der Waals surface area contributed by atoms with Crippen molar-refractivity contribution in [1.29, 1.82) is 0 Å². The van der Waals surface area contributed by atoms with Crippen LogP contribution in [0.3, 0.4) is 0 Å². The third-order valence-corrected chi connectivity index (χ3v) is 15.3. The number of fused-ring (bicyclic) bond motifs is 5. The van der Waals surface area contributed by atoms with E-state index in [0.717, 1.165) is 94.4 Å². The normalized spacial score (nSPS) is 13.7. The first kappa shape index (κ1) is 43.1. The van der Waals surface area contributed by atoms with Gasteiger partial charge in [-0.15, -0.1) is 0 Å². The third-order valence-electron chi connectivity index (χ3n) is 14.3. The van der Waals surface area contributed by atoms with Crippen LogP contribution in [-0.2, 0) is 36.6 Å². The fourth-order valence-electron chi connectivity index (χ4n) is 10.5. The van der Waals surface area contributed by atoms with Gasteiger partial charge >= 0.3 is 346 Å². The summed E-state index contributed by atoms with van der Waals surface area (Å²) in [5, 5.41) is 2.04. The van der Waals surface area contributed by atoms with Crippen LogP contribution in [0.1, 0.15) is 74.3 Å². The summed E-state index contributed by atoms with van der Waals surface area (Å²) < 4.78 is 46.9. The quantitative estimate of drug-likeness (QED) is 0.152. The van der Waals surface area contributed by atoms with Crippen molar-refractivity contribution < 1.29 is 32.9 Å². The Labute approximate surface area is 442 Å². The summed E-state index contributed by atoms with van der Waals surface area (Å²) in [5.41, 5.74) is 15.7. The van der Waals surface area contributed by atoms with Crippen molar-refractivity contribution in [3.8, 4) is 67.8 Å². The first-order valence-corrected chi connectivity index (χ1v) is 26.2. The molecule has 0 radical (unpaired) electrons. The molecule has 0 fully saturated rings. The molecule has 6 nitrogen and oxygen atoms in total. The summed E-state index contributed by atoms with van der Waals surface area (Å²) in [4.78, 5) is 5.00. The van der Waals surface area contributed by atoms with Gasteiger partial charge in [0.25, 0.3) is 0 Å². The van der Waals surface area contributed by atoms with Gasteiger partial charge in [0, 0.05) is 15.9 Å².